The number of aromatic nitrogens is 3. The van der Waals surface area contributed by atoms with Gasteiger partial charge in [-0.2, -0.15) is 5.10 Å². The van der Waals surface area contributed by atoms with Crippen LogP contribution in [0.4, 0.5) is 4.39 Å². The Hall–Kier alpha value is -3.02. The van der Waals surface area contributed by atoms with E-state index in [1.165, 1.54) is 6.20 Å². The number of halogens is 1. The van der Waals surface area contributed by atoms with Crippen LogP contribution in [-0.4, -0.2) is 20.7 Å². The second-order valence-corrected chi connectivity index (χ2v) is 4.59. The summed E-state index contributed by atoms with van der Waals surface area (Å²) in [7, 11) is 0. The van der Waals surface area contributed by atoms with Gasteiger partial charge < -0.3 is 4.74 Å². The molecule has 0 aliphatic heterocycles. The van der Waals surface area contributed by atoms with Crippen molar-refractivity contribution in [1.82, 2.24) is 14.8 Å². The topological polar surface area (TPSA) is 57.0 Å². The highest BCUT2D eigenvalue weighted by Crippen LogP contribution is 2.11. The SMILES string of the molecule is O=C(OCc1ccc(-n2cccn2)cc1)c1cncc(F)c1. The summed E-state index contributed by atoms with van der Waals surface area (Å²) in [6.45, 7) is 0.106. The number of hydrogen-bond acceptors (Lipinski definition) is 4. The molecule has 0 saturated heterocycles. The third kappa shape index (κ3) is 3.17. The van der Waals surface area contributed by atoms with Gasteiger partial charge in [-0.05, 0) is 29.8 Å². The number of benzene rings is 1. The molecule has 2 heterocycles. The van der Waals surface area contributed by atoms with E-state index in [4.69, 9.17) is 4.74 Å². The van der Waals surface area contributed by atoms with Crippen LogP contribution in [0.3, 0.4) is 0 Å². The van der Waals surface area contributed by atoms with Crippen LogP contribution in [0.2, 0.25) is 0 Å². The van der Waals surface area contributed by atoms with Crippen molar-refractivity contribution in [3.05, 3.63) is 78.1 Å². The summed E-state index contributed by atoms with van der Waals surface area (Å²) in [6, 6.07) is 10.4. The molecule has 0 aliphatic rings. The number of hydrogen-bond donors (Lipinski definition) is 0. The zero-order chi connectivity index (χ0) is 15.4. The van der Waals surface area contributed by atoms with Crippen LogP contribution in [0.1, 0.15) is 15.9 Å². The number of pyridine rings is 1. The minimum atomic E-state index is -0.608. The predicted octanol–water partition coefficient (Wildman–Crippen LogP) is 2.76. The number of rotatable bonds is 4. The number of carbonyl (C=O) groups excluding carboxylic acids is 1. The maximum absolute atomic E-state index is 13.0. The first-order valence-electron chi connectivity index (χ1n) is 6.59. The highest BCUT2D eigenvalue weighted by molar-refractivity contribution is 5.88. The minimum Gasteiger partial charge on any atom is -0.457 e. The molecule has 110 valence electrons. The third-order valence-electron chi connectivity index (χ3n) is 3.02. The summed E-state index contributed by atoms with van der Waals surface area (Å²) in [5.41, 5.74) is 1.83. The number of esters is 1. The average molecular weight is 297 g/mol. The maximum Gasteiger partial charge on any atom is 0.340 e. The molecular formula is C16H12FN3O2. The van der Waals surface area contributed by atoms with E-state index in [9.17, 15) is 9.18 Å². The lowest BCUT2D eigenvalue weighted by Crippen LogP contribution is -2.06. The van der Waals surface area contributed by atoms with Crippen molar-refractivity contribution in [3.63, 3.8) is 0 Å². The van der Waals surface area contributed by atoms with Crippen LogP contribution >= 0.6 is 0 Å². The van der Waals surface area contributed by atoms with Crippen molar-refractivity contribution in [1.29, 1.82) is 0 Å². The van der Waals surface area contributed by atoms with Crippen molar-refractivity contribution in [2.45, 2.75) is 6.61 Å². The molecule has 3 aromatic rings. The Bertz CT molecular complexity index is 770. The van der Waals surface area contributed by atoms with Crippen LogP contribution < -0.4 is 0 Å². The molecule has 0 radical (unpaired) electrons. The Labute approximate surface area is 126 Å². The van der Waals surface area contributed by atoms with Crippen LogP contribution in [0, 0.1) is 5.82 Å². The van der Waals surface area contributed by atoms with E-state index in [0.717, 1.165) is 23.5 Å². The lowest BCUT2D eigenvalue weighted by atomic mass is 10.2. The van der Waals surface area contributed by atoms with Gasteiger partial charge >= 0.3 is 5.97 Å². The zero-order valence-corrected chi connectivity index (χ0v) is 11.5. The zero-order valence-electron chi connectivity index (χ0n) is 11.5. The standard InChI is InChI=1S/C16H12FN3O2/c17-14-8-13(9-18-10-14)16(21)22-11-12-2-4-15(5-3-12)20-7-1-6-19-20/h1-10H,11H2. The summed E-state index contributed by atoms with van der Waals surface area (Å²) < 4.78 is 19.9. The van der Waals surface area contributed by atoms with Gasteiger partial charge in [0.15, 0.2) is 0 Å². The summed E-state index contributed by atoms with van der Waals surface area (Å²) in [5, 5.41) is 4.13. The summed E-state index contributed by atoms with van der Waals surface area (Å²) in [6.07, 6.45) is 5.84. The molecule has 0 aliphatic carbocycles. The van der Waals surface area contributed by atoms with Gasteiger partial charge in [0.05, 0.1) is 17.4 Å². The molecule has 0 fully saturated rings. The predicted molar refractivity (Wildman–Crippen MR) is 76.9 cm³/mol. The van der Waals surface area contributed by atoms with Crippen LogP contribution in [0.5, 0.6) is 0 Å². The fourth-order valence-corrected chi connectivity index (χ4v) is 1.92. The first-order chi connectivity index (χ1) is 10.7. The molecule has 6 heteroatoms. The Morgan fingerprint density at radius 1 is 1.23 bits per heavy atom. The second kappa shape index (κ2) is 6.17. The highest BCUT2D eigenvalue weighted by atomic mass is 19.1. The van der Waals surface area contributed by atoms with Crippen molar-refractivity contribution < 1.29 is 13.9 Å². The monoisotopic (exact) mass is 297 g/mol. The lowest BCUT2D eigenvalue weighted by Gasteiger charge is -2.06. The van der Waals surface area contributed by atoms with Gasteiger partial charge in [0.1, 0.15) is 12.4 Å². The van der Waals surface area contributed by atoms with Crippen molar-refractivity contribution in [3.8, 4) is 5.69 Å². The Balaban J connectivity index is 1.63. The first-order valence-corrected chi connectivity index (χ1v) is 6.59. The van der Waals surface area contributed by atoms with Crippen molar-refractivity contribution in [2.75, 3.05) is 0 Å². The fourth-order valence-electron chi connectivity index (χ4n) is 1.92. The molecule has 22 heavy (non-hydrogen) atoms. The van der Waals surface area contributed by atoms with Crippen LogP contribution in [0.25, 0.3) is 5.69 Å². The number of nitrogens with zero attached hydrogens (tertiary/aromatic N) is 3. The summed E-state index contributed by atoms with van der Waals surface area (Å²) >= 11 is 0. The number of carbonyl (C=O) groups is 1. The smallest absolute Gasteiger partial charge is 0.340 e. The normalized spacial score (nSPS) is 10.4. The van der Waals surface area contributed by atoms with E-state index in [1.807, 2.05) is 36.5 Å². The van der Waals surface area contributed by atoms with Crippen LogP contribution in [-0.2, 0) is 11.3 Å². The molecule has 0 atom stereocenters. The molecule has 2 aromatic heterocycles. The molecule has 0 amide bonds. The van der Waals surface area contributed by atoms with E-state index in [1.54, 1.807) is 10.9 Å². The molecule has 1 aromatic carbocycles. The van der Waals surface area contributed by atoms with Gasteiger partial charge in [-0.15, -0.1) is 0 Å². The molecular weight excluding hydrogens is 285 g/mol. The average Bonchev–Trinajstić information content (AvgIpc) is 3.07. The van der Waals surface area contributed by atoms with Gasteiger partial charge in [-0.1, -0.05) is 12.1 Å². The molecule has 3 rings (SSSR count). The van der Waals surface area contributed by atoms with Crippen molar-refractivity contribution >= 4 is 5.97 Å². The first kappa shape index (κ1) is 13.9. The number of ether oxygens (including phenoxy) is 1. The summed E-state index contributed by atoms with van der Waals surface area (Å²) in [4.78, 5) is 15.4. The van der Waals surface area contributed by atoms with Gasteiger partial charge in [-0.25, -0.2) is 13.9 Å². The third-order valence-corrected chi connectivity index (χ3v) is 3.02. The van der Waals surface area contributed by atoms with E-state index in [2.05, 4.69) is 10.1 Å². The lowest BCUT2D eigenvalue weighted by molar-refractivity contribution is 0.0471. The van der Waals surface area contributed by atoms with Crippen molar-refractivity contribution in [2.24, 2.45) is 0 Å². The van der Waals surface area contributed by atoms with E-state index in [-0.39, 0.29) is 12.2 Å². The minimum absolute atomic E-state index is 0.0909. The quantitative estimate of drug-likeness (QED) is 0.695. The van der Waals surface area contributed by atoms with E-state index >= 15 is 0 Å². The van der Waals surface area contributed by atoms with Crippen LogP contribution in [0.15, 0.2) is 61.2 Å². The highest BCUT2D eigenvalue weighted by Gasteiger charge is 2.09. The molecule has 0 spiro atoms. The fraction of sp³-hybridized carbons (Fsp3) is 0.0625. The molecule has 0 saturated carbocycles. The molecule has 5 nitrogen and oxygen atoms in total. The largest absolute Gasteiger partial charge is 0.457 e. The van der Waals surface area contributed by atoms with Gasteiger partial charge in [0, 0.05) is 18.6 Å². The van der Waals surface area contributed by atoms with E-state index in [0.29, 0.717) is 0 Å². The van der Waals surface area contributed by atoms with Gasteiger partial charge in [0.25, 0.3) is 0 Å². The van der Waals surface area contributed by atoms with E-state index < -0.39 is 11.8 Å². The van der Waals surface area contributed by atoms with Gasteiger partial charge in [-0.3, -0.25) is 4.98 Å². The Morgan fingerprint density at radius 2 is 2.05 bits per heavy atom. The second-order valence-electron chi connectivity index (χ2n) is 4.59. The van der Waals surface area contributed by atoms with Gasteiger partial charge in [0.2, 0.25) is 0 Å². The Morgan fingerprint density at radius 3 is 2.73 bits per heavy atom. The molecule has 0 unspecified atom stereocenters. The summed E-state index contributed by atoms with van der Waals surface area (Å²) in [5.74, 6) is -1.18. The molecule has 0 bridgehead atoms. The maximum atomic E-state index is 13.0. The molecule has 0 N–H and O–H groups in total. The Kier molecular flexibility index (Phi) is 3.91.